The van der Waals surface area contributed by atoms with Crippen LogP contribution in [0.1, 0.15) is 68.7 Å². The standard InChI is InChI=1S/C18H34O/c1-11-10-14(16(4,5)12(11)2)15-13(3)17(6,7)19-18(15,8)9/h11-15H,10H2,1-9H3. The Balaban J connectivity index is 2.36. The van der Waals surface area contributed by atoms with E-state index in [1.807, 2.05) is 0 Å². The summed E-state index contributed by atoms with van der Waals surface area (Å²) in [5, 5.41) is 0. The van der Waals surface area contributed by atoms with Crippen LogP contribution in [0.15, 0.2) is 0 Å². The molecule has 112 valence electrons. The summed E-state index contributed by atoms with van der Waals surface area (Å²) in [5.41, 5.74) is 0.452. The topological polar surface area (TPSA) is 9.23 Å². The predicted octanol–water partition coefficient (Wildman–Crippen LogP) is 5.14. The van der Waals surface area contributed by atoms with Crippen LogP contribution in [0.4, 0.5) is 0 Å². The first kappa shape index (κ1) is 15.4. The largest absolute Gasteiger partial charge is 0.369 e. The highest BCUT2D eigenvalue weighted by Crippen LogP contribution is 2.61. The van der Waals surface area contributed by atoms with Gasteiger partial charge in [-0.25, -0.2) is 0 Å². The minimum Gasteiger partial charge on any atom is -0.369 e. The molecule has 1 aliphatic heterocycles. The molecule has 5 unspecified atom stereocenters. The Kier molecular flexibility index (Phi) is 3.42. The first-order valence-electron chi connectivity index (χ1n) is 8.11. The van der Waals surface area contributed by atoms with Gasteiger partial charge in [-0.2, -0.15) is 0 Å². The van der Waals surface area contributed by atoms with E-state index < -0.39 is 0 Å². The van der Waals surface area contributed by atoms with E-state index >= 15 is 0 Å². The zero-order chi connectivity index (χ0) is 14.8. The quantitative estimate of drug-likeness (QED) is 0.638. The van der Waals surface area contributed by atoms with Crippen molar-refractivity contribution in [2.45, 2.75) is 79.9 Å². The summed E-state index contributed by atoms with van der Waals surface area (Å²) in [6.45, 7) is 21.4. The molecule has 0 amide bonds. The molecule has 0 N–H and O–H groups in total. The summed E-state index contributed by atoms with van der Waals surface area (Å²) in [5.74, 6) is 3.73. The van der Waals surface area contributed by atoms with Crippen LogP contribution in [0.5, 0.6) is 0 Å². The predicted molar refractivity (Wildman–Crippen MR) is 82.1 cm³/mol. The monoisotopic (exact) mass is 266 g/mol. The van der Waals surface area contributed by atoms with Gasteiger partial charge in [0.1, 0.15) is 0 Å². The highest BCUT2D eigenvalue weighted by Gasteiger charge is 2.59. The Morgan fingerprint density at radius 1 is 0.789 bits per heavy atom. The van der Waals surface area contributed by atoms with Crippen molar-refractivity contribution in [1.29, 1.82) is 0 Å². The average Bonchev–Trinajstić information content (AvgIpc) is 2.50. The van der Waals surface area contributed by atoms with Crippen molar-refractivity contribution in [3.05, 3.63) is 0 Å². The molecule has 1 heteroatoms. The lowest BCUT2D eigenvalue weighted by molar-refractivity contribution is -0.0878. The van der Waals surface area contributed by atoms with Gasteiger partial charge >= 0.3 is 0 Å². The lowest BCUT2D eigenvalue weighted by Crippen LogP contribution is -2.41. The van der Waals surface area contributed by atoms with Crippen LogP contribution >= 0.6 is 0 Å². The van der Waals surface area contributed by atoms with Crippen LogP contribution in [0.25, 0.3) is 0 Å². The van der Waals surface area contributed by atoms with E-state index in [1.54, 1.807) is 0 Å². The highest BCUT2D eigenvalue weighted by atomic mass is 16.5. The van der Waals surface area contributed by atoms with Crippen LogP contribution in [0.2, 0.25) is 0 Å². The fraction of sp³-hybridized carbons (Fsp3) is 1.00. The Labute approximate surface area is 120 Å². The van der Waals surface area contributed by atoms with Gasteiger partial charge in [-0.3, -0.25) is 0 Å². The molecule has 0 bridgehead atoms. The molecule has 0 aromatic carbocycles. The van der Waals surface area contributed by atoms with E-state index in [0.717, 1.165) is 17.8 Å². The van der Waals surface area contributed by atoms with E-state index in [1.165, 1.54) is 6.42 Å². The molecular weight excluding hydrogens is 232 g/mol. The summed E-state index contributed by atoms with van der Waals surface area (Å²) in [7, 11) is 0. The van der Waals surface area contributed by atoms with Gasteiger partial charge in [0.2, 0.25) is 0 Å². The second-order valence-electron chi connectivity index (χ2n) is 9.05. The summed E-state index contributed by atoms with van der Waals surface area (Å²) in [6, 6.07) is 0. The van der Waals surface area contributed by atoms with Crippen molar-refractivity contribution in [3.8, 4) is 0 Å². The lowest BCUT2D eigenvalue weighted by Gasteiger charge is -2.41. The highest BCUT2D eigenvalue weighted by molar-refractivity contribution is 5.07. The van der Waals surface area contributed by atoms with Crippen molar-refractivity contribution in [3.63, 3.8) is 0 Å². The van der Waals surface area contributed by atoms with Crippen LogP contribution in [0.3, 0.4) is 0 Å². The van der Waals surface area contributed by atoms with E-state index in [-0.39, 0.29) is 11.2 Å². The molecule has 2 aliphatic rings. The van der Waals surface area contributed by atoms with Gasteiger partial charge in [-0.1, -0.05) is 34.6 Å². The van der Waals surface area contributed by atoms with E-state index in [2.05, 4.69) is 62.3 Å². The molecule has 0 aromatic heterocycles. The molecule has 1 saturated heterocycles. The Morgan fingerprint density at radius 3 is 1.63 bits per heavy atom. The molecule has 1 aliphatic carbocycles. The summed E-state index contributed by atoms with van der Waals surface area (Å²) >= 11 is 0. The third-order valence-electron chi connectivity index (χ3n) is 7.01. The number of ether oxygens (including phenoxy) is 1. The Hall–Kier alpha value is -0.0400. The van der Waals surface area contributed by atoms with Crippen LogP contribution in [0, 0.1) is 35.0 Å². The van der Waals surface area contributed by atoms with Gasteiger partial charge in [0.05, 0.1) is 11.2 Å². The molecule has 0 aromatic rings. The fourth-order valence-corrected chi connectivity index (χ4v) is 5.30. The van der Waals surface area contributed by atoms with Gasteiger partial charge in [0.25, 0.3) is 0 Å². The Morgan fingerprint density at radius 2 is 1.32 bits per heavy atom. The molecular formula is C18H34O. The second-order valence-corrected chi connectivity index (χ2v) is 9.05. The third-order valence-corrected chi connectivity index (χ3v) is 7.01. The summed E-state index contributed by atoms with van der Waals surface area (Å²) < 4.78 is 6.44. The van der Waals surface area contributed by atoms with Crippen molar-refractivity contribution >= 4 is 0 Å². The molecule has 1 heterocycles. The molecule has 0 radical (unpaired) electrons. The SMILES string of the molecule is CC1CC(C2C(C)C(C)(C)OC2(C)C)C(C)(C)C1C. The maximum atomic E-state index is 6.44. The van der Waals surface area contributed by atoms with Crippen molar-refractivity contribution in [2.75, 3.05) is 0 Å². The van der Waals surface area contributed by atoms with E-state index in [0.29, 0.717) is 17.3 Å². The molecule has 5 atom stereocenters. The maximum Gasteiger partial charge on any atom is 0.0668 e. The molecule has 19 heavy (non-hydrogen) atoms. The van der Waals surface area contributed by atoms with Crippen LogP contribution in [-0.2, 0) is 4.74 Å². The van der Waals surface area contributed by atoms with Crippen LogP contribution < -0.4 is 0 Å². The number of hydrogen-bond acceptors (Lipinski definition) is 1. The zero-order valence-electron chi connectivity index (χ0n) is 14.5. The van der Waals surface area contributed by atoms with Gasteiger partial charge < -0.3 is 4.74 Å². The van der Waals surface area contributed by atoms with Crippen LogP contribution in [-0.4, -0.2) is 11.2 Å². The Bertz CT molecular complexity index is 353. The van der Waals surface area contributed by atoms with Crippen molar-refractivity contribution in [1.82, 2.24) is 0 Å². The minimum atomic E-state index is 0.00856. The molecule has 1 nitrogen and oxygen atoms in total. The first-order valence-corrected chi connectivity index (χ1v) is 8.11. The first-order chi connectivity index (χ1) is 8.41. The van der Waals surface area contributed by atoms with Gasteiger partial charge in [0, 0.05) is 0 Å². The fourth-order valence-electron chi connectivity index (χ4n) is 5.30. The smallest absolute Gasteiger partial charge is 0.0668 e. The number of hydrogen-bond donors (Lipinski definition) is 0. The summed E-state index contributed by atoms with van der Waals surface area (Å²) in [6.07, 6.45) is 1.37. The van der Waals surface area contributed by atoms with Gasteiger partial charge in [-0.15, -0.1) is 0 Å². The average molecular weight is 266 g/mol. The van der Waals surface area contributed by atoms with E-state index in [4.69, 9.17) is 4.74 Å². The summed E-state index contributed by atoms with van der Waals surface area (Å²) in [4.78, 5) is 0. The minimum absolute atomic E-state index is 0.00856. The zero-order valence-corrected chi connectivity index (χ0v) is 14.5. The molecule has 2 fully saturated rings. The van der Waals surface area contributed by atoms with Crippen molar-refractivity contribution < 1.29 is 4.74 Å². The molecule has 1 saturated carbocycles. The lowest BCUT2D eigenvalue weighted by atomic mass is 9.62. The van der Waals surface area contributed by atoms with Gasteiger partial charge in [-0.05, 0) is 69.1 Å². The normalized spacial score (nSPS) is 47.5. The third kappa shape index (κ3) is 2.17. The van der Waals surface area contributed by atoms with Crippen molar-refractivity contribution in [2.24, 2.45) is 35.0 Å². The maximum absolute atomic E-state index is 6.44. The van der Waals surface area contributed by atoms with E-state index in [9.17, 15) is 0 Å². The number of rotatable bonds is 1. The van der Waals surface area contributed by atoms with Gasteiger partial charge in [0.15, 0.2) is 0 Å². The molecule has 2 rings (SSSR count). The molecule has 0 spiro atoms. The second kappa shape index (κ2) is 4.23.